The molecule has 3 unspecified atom stereocenters. The highest BCUT2D eigenvalue weighted by molar-refractivity contribution is 4.82. The van der Waals surface area contributed by atoms with Gasteiger partial charge in [0, 0.05) is 20.1 Å². The van der Waals surface area contributed by atoms with Crippen molar-refractivity contribution in [2.24, 2.45) is 5.73 Å². The van der Waals surface area contributed by atoms with E-state index in [1.54, 1.807) is 0 Å². The Labute approximate surface area is 65.7 Å². The molecular formula is C7H14FNO2. The van der Waals surface area contributed by atoms with Crippen LogP contribution in [0.5, 0.6) is 0 Å². The maximum atomic E-state index is 13.0. The van der Waals surface area contributed by atoms with Crippen LogP contribution in [0, 0.1) is 0 Å². The molecule has 1 aliphatic heterocycles. The fraction of sp³-hybridized carbons (Fsp3) is 1.00. The van der Waals surface area contributed by atoms with Crippen LogP contribution in [-0.4, -0.2) is 38.6 Å². The Balaban J connectivity index is 2.48. The molecule has 0 saturated carbocycles. The van der Waals surface area contributed by atoms with Crippen LogP contribution in [0.15, 0.2) is 0 Å². The summed E-state index contributed by atoms with van der Waals surface area (Å²) in [6, 6.07) is 0. The van der Waals surface area contributed by atoms with Crippen LogP contribution < -0.4 is 5.73 Å². The maximum Gasteiger partial charge on any atom is 0.131 e. The van der Waals surface area contributed by atoms with Crippen molar-refractivity contribution < 1.29 is 13.9 Å². The van der Waals surface area contributed by atoms with Gasteiger partial charge in [-0.25, -0.2) is 4.39 Å². The van der Waals surface area contributed by atoms with Gasteiger partial charge in [0.15, 0.2) is 0 Å². The summed E-state index contributed by atoms with van der Waals surface area (Å²) < 4.78 is 23.2. The molecule has 1 saturated heterocycles. The van der Waals surface area contributed by atoms with Crippen LogP contribution in [0.4, 0.5) is 4.39 Å². The number of ether oxygens (including phenoxy) is 2. The number of hydrogen-bond acceptors (Lipinski definition) is 3. The van der Waals surface area contributed by atoms with E-state index in [2.05, 4.69) is 0 Å². The molecule has 66 valence electrons. The van der Waals surface area contributed by atoms with Gasteiger partial charge in [0.25, 0.3) is 0 Å². The second-order valence-corrected chi connectivity index (χ2v) is 2.65. The Bertz CT molecular complexity index is 123. The average Bonchev–Trinajstić information content (AvgIpc) is 2.04. The van der Waals surface area contributed by atoms with E-state index in [1.807, 2.05) is 0 Å². The second kappa shape index (κ2) is 3.99. The Hall–Kier alpha value is -0.190. The summed E-state index contributed by atoms with van der Waals surface area (Å²) in [6.07, 6.45) is -1.27. The molecule has 3 nitrogen and oxygen atoms in total. The SMILES string of the molecule is COC1C(F)CCOC1CN. The minimum atomic E-state index is -0.928. The third kappa shape index (κ3) is 1.89. The van der Waals surface area contributed by atoms with Gasteiger partial charge in [-0.2, -0.15) is 0 Å². The minimum absolute atomic E-state index is 0.274. The van der Waals surface area contributed by atoms with Gasteiger partial charge in [0.2, 0.25) is 0 Å². The topological polar surface area (TPSA) is 44.5 Å². The van der Waals surface area contributed by atoms with E-state index < -0.39 is 12.3 Å². The van der Waals surface area contributed by atoms with Crippen LogP contribution in [0.1, 0.15) is 6.42 Å². The lowest BCUT2D eigenvalue weighted by Crippen LogP contribution is -2.47. The molecule has 1 fully saturated rings. The van der Waals surface area contributed by atoms with E-state index >= 15 is 0 Å². The molecule has 1 rings (SSSR count). The van der Waals surface area contributed by atoms with Gasteiger partial charge >= 0.3 is 0 Å². The maximum absolute atomic E-state index is 13.0. The number of methoxy groups -OCH3 is 1. The van der Waals surface area contributed by atoms with Gasteiger partial charge in [-0.05, 0) is 0 Å². The lowest BCUT2D eigenvalue weighted by atomic mass is 10.0. The van der Waals surface area contributed by atoms with Gasteiger partial charge in [-0.1, -0.05) is 0 Å². The van der Waals surface area contributed by atoms with Crippen LogP contribution in [0.2, 0.25) is 0 Å². The van der Waals surface area contributed by atoms with Crippen LogP contribution in [0.3, 0.4) is 0 Å². The molecule has 11 heavy (non-hydrogen) atoms. The van der Waals surface area contributed by atoms with Gasteiger partial charge < -0.3 is 15.2 Å². The zero-order valence-electron chi connectivity index (χ0n) is 6.63. The highest BCUT2D eigenvalue weighted by atomic mass is 19.1. The summed E-state index contributed by atoms with van der Waals surface area (Å²) in [4.78, 5) is 0. The van der Waals surface area contributed by atoms with Crippen molar-refractivity contribution in [2.75, 3.05) is 20.3 Å². The monoisotopic (exact) mass is 163 g/mol. The third-order valence-electron chi connectivity index (χ3n) is 1.95. The number of alkyl halides is 1. The standard InChI is InChI=1S/C7H14FNO2/c1-10-7-5(8)2-3-11-6(7)4-9/h5-7H,2-4,9H2,1H3. The van der Waals surface area contributed by atoms with Crippen molar-refractivity contribution in [1.29, 1.82) is 0 Å². The van der Waals surface area contributed by atoms with Gasteiger partial charge in [0.1, 0.15) is 12.3 Å². The van der Waals surface area contributed by atoms with E-state index in [0.717, 1.165) is 0 Å². The van der Waals surface area contributed by atoms with E-state index in [-0.39, 0.29) is 6.10 Å². The molecule has 0 bridgehead atoms. The molecular weight excluding hydrogens is 149 g/mol. The molecule has 3 atom stereocenters. The fourth-order valence-electron chi connectivity index (χ4n) is 1.33. The van der Waals surface area contributed by atoms with E-state index in [0.29, 0.717) is 19.6 Å². The molecule has 4 heteroatoms. The highest BCUT2D eigenvalue weighted by Gasteiger charge is 2.33. The van der Waals surface area contributed by atoms with Gasteiger partial charge in [-0.15, -0.1) is 0 Å². The Morgan fingerprint density at radius 3 is 2.91 bits per heavy atom. The largest absolute Gasteiger partial charge is 0.376 e. The normalized spacial score (nSPS) is 39.0. The van der Waals surface area contributed by atoms with Gasteiger partial charge in [-0.3, -0.25) is 0 Å². The van der Waals surface area contributed by atoms with Crippen LogP contribution in [-0.2, 0) is 9.47 Å². The highest BCUT2D eigenvalue weighted by Crippen LogP contribution is 2.19. The zero-order chi connectivity index (χ0) is 8.27. The molecule has 2 N–H and O–H groups in total. The summed E-state index contributed by atoms with van der Waals surface area (Å²) in [5.41, 5.74) is 5.36. The Kier molecular flexibility index (Phi) is 3.23. The van der Waals surface area contributed by atoms with Crippen molar-refractivity contribution in [3.63, 3.8) is 0 Å². The zero-order valence-corrected chi connectivity index (χ0v) is 6.63. The molecule has 0 amide bonds. The predicted molar refractivity (Wildman–Crippen MR) is 39.1 cm³/mol. The molecule has 0 aromatic carbocycles. The van der Waals surface area contributed by atoms with Gasteiger partial charge in [0.05, 0.1) is 12.7 Å². The summed E-state index contributed by atoms with van der Waals surface area (Å²) in [5, 5.41) is 0. The lowest BCUT2D eigenvalue weighted by Gasteiger charge is -2.32. The first kappa shape index (κ1) is 8.90. The molecule has 0 aliphatic carbocycles. The summed E-state index contributed by atoms with van der Waals surface area (Å²) in [7, 11) is 1.48. The number of nitrogens with two attached hydrogens (primary N) is 1. The first-order valence-electron chi connectivity index (χ1n) is 3.78. The van der Waals surface area contributed by atoms with Crippen molar-refractivity contribution in [2.45, 2.75) is 24.8 Å². The summed E-state index contributed by atoms with van der Waals surface area (Å²) in [5.74, 6) is 0. The number of hydrogen-bond donors (Lipinski definition) is 1. The predicted octanol–water partition coefficient (Wildman–Crippen LogP) is 0.0871. The van der Waals surface area contributed by atoms with Crippen molar-refractivity contribution in [3.05, 3.63) is 0 Å². The number of rotatable bonds is 2. The molecule has 0 aromatic heterocycles. The van der Waals surface area contributed by atoms with Crippen molar-refractivity contribution in [3.8, 4) is 0 Å². The Morgan fingerprint density at radius 1 is 1.73 bits per heavy atom. The molecule has 0 aromatic rings. The second-order valence-electron chi connectivity index (χ2n) is 2.65. The number of halogens is 1. The third-order valence-corrected chi connectivity index (χ3v) is 1.95. The van der Waals surface area contributed by atoms with E-state index in [1.165, 1.54) is 7.11 Å². The minimum Gasteiger partial charge on any atom is -0.376 e. The smallest absolute Gasteiger partial charge is 0.131 e. The molecule has 0 radical (unpaired) electrons. The quantitative estimate of drug-likeness (QED) is 0.627. The first-order valence-corrected chi connectivity index (χ1v) is 3.78. The average molecular weight is 163 g/mol. The fourth-order valence-corrected chi connectivity index (χ4v) is 1.33. The molecule has 0 spiro atoms. The lowest BCUT2D eigenvalue weighted by molar-refractivity contribution is -0.122. The van der Waals surface area contributed by atoms with Crippen molar-refractivity contribution >= 4 is 0 Å². The Morgan fingerprint density at radius 2 is 2.45 bits per heavy atom. The summed E-state index contributed by atoms with van der Waals surface area (Å²) in [6.45, 7) is 0.766. The van der Waals surface area contributed by atoms with Crippen LogP contribution in [0.25, 0.3) is 0 Å². The van der Waals surface area contributed by atoms with E-state index in [4.69, 9.17) is 15.2 Å². The molecule has 1 heterocycles. The molecule has 1 aliphatic rings. The van der Waals surface area contributed by atoms with Crippen LogP contribution >= 0.6 is 0 Å². The van der Waals surface area contributed by atoms with Crippen molar-refractivity contribution in [1.82, 2.24) is 0 Å². The summed E-state index contributed by atoms with van der Waals surface area (Å²) >= 11 is 0. The van der Waals surface area contributed by atoms with E-state index in [9.17, 15) is 4.39 Å². The first-order chi connectivity index (χ1) is 5.29.